The Morgan fingerprint density at radius 2 is 1.07 bits per heavy atom. The highest BCUT2D eigenvalue weighted by atomic mass is 79.9. The number of hydrogen-bond donors (Lipinski definition) is 0. The first kappa shape index (κ1) is 29.5. The standard InChI is InChI=1S/2C16H14BrN3O/c1-21-11-20-15(12-6-3-2-4-7-12)10-14(19-20)13-8-5-9-18-16(13)17;1-21-11-20-15(13-8-5-9-18-16(13)17)10-14(19-20)12-6-3-2-4-7-12/h2*2-10H,11H2,1H3. The van der Waals surface area contributed by atoms with Crippen molar-refractivity contribution in [3.05, 3.63) is 119 Å². The number of methoxy groups -OCH3 is 2. The molecular weight excluding hydrogens is 660 g/mol. The van der Waals surface area contributed by atoms with E-state index in [1.54, 1.807) is 26.6 Å². The summed E-state index contributed by atoms with van der Waals surface area (Å²) < 4.78 is 15.8. The van der Waals surface area contributed by atoms with Gasteiger partial charge in [-0.1, -0.05) is 60.7 Å². The lowest BCUT2D eigenvalue weighted by molar-refractivity contribution is 0.122. The lowest BCUT2D eigenvalue weighted by Gasteiger charge is -2.06. The first-order valence-electron chi connectivity index (χ1n) is 13.0. The molecule has 0 aliphatic rings. The van der Waals surface area contributed by atoms with E-state index in [4.69, 9.17) is 9.47 Å². The fraction of sp³-hybridized carbons (Fsp3) is 0.125. The number of pyridine rings is 2. The Morgan fingerprint density at radius 1 is 0.571 bits per heavy atom. The third-order valence-electron chi connectivity index (χ3n) is 6.27. The predicted molar refractivity (Wildman–Crippen MR) is 171 cm³/mol. The highest BCUT2D eigenvalue weighted by Crippen LogP contribution is 2.31. The molecule has 4 heterocycles. The van der Waals surface area contributed by atoms with E-state index in [0.29, 0.717) is 13.5 Å². The van der Waals surface area contributed by atoms with E-state index < -0.39 is 0 Å². The lowest BCUT2D eigenvalue weighted by Crippen LogP contribution is -2.04. The van der Waals surface area contributed by atoms with Crippen LogP contribution < -0.4 is 0 Å². The molecule has 0 N–H and O–H groups in total. The van der Waals surface area contributed by atoms with Crippen LogP contribution in [0, 0.1) is 0 Å². The number of halogens is 2. The minimum Gasteiger partial charge on any atom is -0.362 e. The van der Waals surface area contributed by atoms with Crippen molar-refractivity contribution in [3.8, 4) is 45.0 Å². The molecule has 0 saturated carbocycles. The maximum absolute atomic E-state index is 5.24. The van der Waals surface area contributed by atoms with Crippen molar-refractivity contribution < 1.29 is 9.47 Å². The number of hydrogen-bond acceptors (Lipinski definition) is 6. The van der Waals surface area contributed by atoms with Crippen LogP contribution in [0.3, 0.4) is 0 Å². The van der Waals surface area contributed by atoms with Gasteiger partial charge in [0.05, 0.1) is 22.8 Å². The molecule has 10 heteroatoms. The van der Waals surface area contributed by atoms with E-state index >= 15 is 0 Å². The Hall–Kier alpha value is -3.96. The first-order chi connectivity index (χ1) is 20.6. The smallest absolute Gasteiger partial charge is 0.139 e. The van der Waals surface area contributed by atoms with Gasteiger partial charge in [-0.2, -0.15) is 10.2 Å². The van der Waals surface area contributed by atoms with Crippen molar-refractivity contribution in [1.29, 1.82) is 0 Å². The SMILES string of the molecule is COCn1nc(-c2ccccc2)cc1-c1cccnc1Br.COCn1nc(-c2cccnc2Br)cc1-c1ccccc1. The molecule has 0 fully saturated rings. The van der Waals surface area contributed by atoms with Crippen LogP contribution in [-0.2, 0) is 22.9 Å². The third kappa shape index (κ3) is 6.91. The molecule has 0 spiro atoms. The van der Waals surface area contributed by atoms with E-state index in [9.17, 15) is 0 Å². The Balaban J connectivity index is 0.000000168. The van der Waals surface area contributed by atoms with Gasteiger partial charge in [-0.15, -0.1) is 0 Å². The highest BCUT2D eigenvalue weighted by molar-refractivity contribution is 9.10. The van der Waals surface area contributed by atoms with Crippen molar-refractivity contribution in [1.82, 2.24) is 29.5 Å². The average molecular weight is 688 g/mol. The van der Waals surface area contributed by atoms with Gasteiger partial charge in [0.1, 0.15) is 22.7 Å². The molecule has 0 radical (unpaired) electrons. The molecule has 0 saturated heterocycles. The summed E-state index contributed by atoms with van der Waals surface area (Å²) >= 11 is 6.96. The number of aromatic nitrogens is 6. The normalized spacial score (nSPS) is 10.8. The van der Waals surface area contributed by atoms with Gasteiger partial charge >= 0.3 is 0 Å². The number of rotatable bonds is 8. The largest absolute Gasteiger partial charge is 0.362 e. The van der Waals surface area contributed by atoms with Crippen LogP contribution in [0.15, 0.2) is 119 Å². The second kappa shape index (κ2) is 14.3. The van der Waals surface area contributed by atoms with Crippen molar-refractivity contribution in [3.63, 3.8) is 0 Å². The zero-order valence-electron chi connectivity index (χ0n) is 23.1. The molecule has 6 aromatic rings. The molecule has 4 aromatic heterocycles. The third-order valence-corrected chi connectivity index (χ3v) is 7.54. The van der Waals surface area contributed by atoms with Crippen LogP contribution in [0.5, 0.6) is 0 Å². The van der Waals surface area contributed by atoms with Crippen LogP contribution in [-0.4, -0.2) is 43.7 Å². The maximum Gasteiger partial charge on any atom is 0.139 e. The quantitative estimate of drug-likeness (QED) is 0.151. The molecule has 0 aliphatic heterocycles. The van der Waals surface area contributed by atoms with Gasteiger partial charge in [-0.25, -0.2) is 19.3 Å². The zero-order valence-corrected chi connectivity index (χ0v) is 26.2. The monoisotopic (exact) mass is 686 g/mol. The van der Waals surface area contributed by atoms with Crippen LogP contribution in [0.2, 0.25) is 0 Å². The van der Waals surface area contributed by atoms with E-state index in [1.165, 1.54) is 0 Å². The van der Waals surface area contributed by atoms with Crippen LogP contribution >= 0.6 is 31.9 Å². The first-order valence-corrected chi connectivity index (χ1v) is 14.6. The van der Waals surface area contributed by atoms with Gasteiger partial charge in [0.25, 0.3) is 0 Å². The van der Waals surface area contributed by atoms with E-state index in [0.717, 1.165) is 54.2 Å². The molecule has 0 atom stereocenters. The summed E-state index contributed by atoms with van der Waals surface area (Å²) in [5.41, 5.74) is 7.90. The minimum atomic E-state index is 0.392. The summed E-state index contributed by atoms with van der Waals surface area (Å²) in [6, 6.07) is 32.1. The summed E-state index contributed by atoms with van der Waals surface area (Å²) in [6.07, 6.45) is 3.50. The van der Waals surface area contributed by atoms with Crippen LogP contribution in [0.25, 0.3) is 45.0 Å². The predicted octanol–water partition coefficient (Wildman–Crippen LogP) is 7.96. The summed E-state index contributed by atoms with van der Waals surface area (Å²) in [4.78, 5) is 8.52. The van der Waals surface area contributed by atoms with Gasteiger partial charge in [0.2, 0.25) is 0 Å². The topological polar surface area (TPSA) is 79.9 Å². The highest BCUT2D eigenvalue weighted by Gasteiger charge is 2.15. The molecule has 8 nitrogen and oxygen atoms in total. The van der Waals surface area contributed by atoms with Crippen LogP contribution in [0.1, 0.15) is 0 Å². The summed E-state index contributed by atoms with van der Waals surface area (Å²) in [6.45, 7) is 0.797. The van der Waals surface area contributed by atoms with Gasteiger partial charge in [-0.3, -0.25) is 0 Å². The van der Waals surface area contributed by atoms with Gasteiger partial charge in [0, 0.05) is 43.3 Å². The van der Waals surface area contributed by atoms with Gasteiger partial charge in [-0.05, 0) is 73.8 Å². The second-order valence-electron chi connectivity index (χ2n) is 9.08. The molecule has 0 unspecified atom stereocenters. The molecule has 0 amide bonds. The second-order valence-corrected chi connectivity index (χ2v) is 10.6. The summed E-state index contributed by atoms with van der Waals surface area (Å²) in [5, 5.41) is 9.26. The van der Waals surface area contributed by atoms with Crippen molar-refractivity contribution in [2.75, 3.05) is 14.2 Å². The summed E-state index contributed by atoms with van der Waals surface area (Å²) in [7, 11) is 3.32. The minimum absolute atomic E-state index is 0.392. The molecule has 42 heavy (non-hydrogen) atoms. The fourth-order valence-electron chi connectivity index (χ4n) is 4.37. The fourth-order valence-corrected chi connectivity index (χ4v) is 5.28. The molecule has 0 aliphatic carbocycles. The average Bonchev–Trinajstić information content (AvgIpc) is 3.64. The molecule has 6 rings (SSSR count). The van der Waals surface area contributed by atoms with Gasteiger partial charge < -0.3 is 9.47 Å². The van der Waals surface area contributed by atoms with Crippen LogP contribution in [0.4, 0.5) is 0 Å². The Bertz CT molecular complexity index is 1740. The Labute approximate surface area is 261 Å². The molecule has 212 valence electrons. The van der Waals surface area contributed by atoms with Gasteiger partial charge in [0.15, 0.2) is 0 Å². The van der Waals surface area contributed by atoms with Crippen molar-refractivity contribution in [2.24, 2.45) is 0 Å². The number of ether oxygens (including phenoxy) is 2. The van der Waals surface area contributed by atoms with E-state index in [-0.39, 0.29) is 0 Å². The van der Waals surface area contributed by atoms with E-state index in [2.05, 4.69) is 76.3 Å². The molecule has 2 aromatic carbocycles. The van der Waals surface area contributed by atoms with Crippen molar-refractivity contribution >= 4 is 31.9 Å². The van der Waals surface area contributed by atoms with Crippen molar-refractivity contribution in [2.45, 2.75) is 13.5 Å². The lowest BCUT2D eigenvalue weighted by atomic mass is 10.1. The maximum atomic E-state index is 5.24. The summed E-state index contributed by atoms with van der Waals surface area (Å²) in [5.74, 6) is 0. The number of benzene rings is 2. The molecule has 0 bridgehead atoms. The van der Waals surface area contributed by atoms with E-state index in [1.807, 2.05) is 82.2 Å². The zero-order chi connectivity index (χ0) is 29.3. The Morgan fingerprint density at radius 3 is 1.64 bits per heavy atom. The molecular formula is C32H28Br2N6O2. The number of nitrogens with zero attached hydrogens (tertiary/aromatic N) is 6. The Kier molecular flexibility index (Phi) is 10.0.